The van der Waals surface area contributed by atoms with Gasteiger partial charge in [-0.15, -0.1) is 0 Å². The van der Waals surface area contributed by atoms with Crippen LogP contribution in [0.25, 0.3) is 0 Å². The highest BCUT2D eigenvalue weighted by atomic mass is 32.2. The first-order valence-electron chi connectivity index (χ1n) is 15.2. The minimum absolute atomic E-state index is 0.0312. The Balaban J connectivity index is 1.63. The standard InChI is InChI=1S/C30H46N6O7S/c1-21(2)29(40)43-18-8-12-26(37)33-30(32)34-16-13-23(14-17-34)20-36(44(3,41)42)25(19-22-9-5-4-6-10-22)28(39)35-15-7-11-24(35)27(31)38/h4-6,9-10,21,23-25H,7-8,11-20H2,1-3H3,(H2,31,38)(H2,32,33,37)/t24-,25+/m0/s1. The lowest BCUT2D eigenvalue weighted by Crippen LogP contribution is -2.56. The molecule has 0 aliphatic carbocycles. The van der Waals surface area contributed by atoms with Gasteiger partial charge in [-0.1, -0.05) is 44.2 Å². The van der Waals surface area contributed by atoms with E-state index in [1.165, 1.54) is 9.21 Å². The fourth-order valence-corrected chi connectivity index (χ4v) is 6.71. The van der Waals surface area contributed by atoms with E-state index in [0.29, 0.717) is 51.7 Å². The van der Waals surface area contributed by atoms with Gasteiger partial charge in [-0.3, -0.25) is 29.9 Å². The van der Waals surface area contributed by atoms with E-state index in [1.54, 1.807) is 18.7 Å². The van der Waals surface area contributed by atoms with Crippen molar-refractivity contribution in [2.75, 3.05) is 39.0 Å². The molecule has 2 fully saturated rings. The van der Waals surface area contributed by atoms with Crippen molar-refractivity contribution >= 4 is 39.7 Å². The Bertz CT molecular complexity index is 1280. The number of amides is 3. The number of sulfonamides is 1. The minimum atomic E-state index is -3.84. The van der Waals surface area contributed by atoms with Crippen LogP contribution in [0.3, 0.4) is 0 Å². The molecule has 4 N–H and O–H groups in total. The number of esters is 1. The molecule has 0 bridgehead atoms. The predicted molar refractivity (Wildman–Crippen MR) is 165 cm³/mol. The first kappa shape index (κ1) is 35.0. The van der Waals surface area contributed by atoms with Crippen molar-refractivity contribution in [1.29, 1.82) is 5.41 Å². The third-order valence-electron chi connectivity index (χ3n) is 8.09. The first-order chi connectivity index (χ1) is 20.8. The number of hydrogen-bond donors (Lipinski definition) is 3. The molecule has 3 amide bonds. The molecule has 13 nitrogen and oxygen atoms in total. The number of ether oxygens (including phenoxy) is 1. The number of carbonyl (C=O) groups excluding carboxylic acids is 4. The summed E-state index contributed by atoms with van der Waals surface area (Å²) in [4.78, 5) is 53.0. The molecular formula is C30H46N6O7S. The SMILES string of the molecule is CC(C)C(=O)OCCCC(=O)NC(=N)N1CCC(CN([C@H](Cc2ccccc2)C(=O)N2CCC[C@H]2C(N)=O)S(C)(=O)=O)CC1. The molecule has 0 aromatic heterocycles. The van der Waals surface area contributed by atoms with Crippen LogP contribution in [0.4, 0.5) is 0 Å². The Morgan fingerprint density at radius 2 is 1.75 bits per heavy atom. The lowest BCUT2D eigenvalue weighted by molar-refractivity contribution is -0.147. The molecule has 2 aliphatic rings. The van der Waals surface area contributed by atoms with Crippen LogP contribution in [0.5, 0.6) is 0 Å². The lowest BCUT2D eigenvalue weighted by atomic mass is 9.95. The van der Waals surface area contributed by atoms with Gasteiger partial charge in [0.1, 0.15) is 12.1 Å². The fourth-order valence-electron chi connectivity index (χ4n) is 5.60. The van der Waals surface area contributed by atoms with Crippen molar-refractivity contribution in [2.24, 2.45) is 17.6 Å². The summed E-state index contributed by atoms with van der Waals surface area (Å²) in [6.07, 6.45) is 3.87. The maximum atomic E-state index is 13.9. The number of hydrogen-bond acceptors (Lipinski definition) is 8. The molecule has 2 saturated heterocycles. The molecule has 3 rings (SSSR count). The number of likely N-dealkylation sites (tertiary alicyclic amines) is 2. The van der Waals surface area contributed by atoms with E-state index in [2.05, 4.69) is 5.32 Å². The largest absolute Gasteiger partial charge is 0.465 e. The quantitative estimate of drug-likeness (QED) is 0.125. The zero-order valence-electron chi connectivity index (χ0n) is 25.9. The van der Waals surface area contributed by atoms with Crippen molar-refractivity contribution in [3.05, 3.63) is 35.9 Å². The monoisotopic (exact) mass is 634 g/mol. The Morgan fingerprint density at radius 3 is 2.34 bits per heavy atom. The van der Waals surface area contributed by atoms with Gasteiger partial charge in [0.15, 0.2) is 5.96 Å². The molecule has 0 saturated carbocycles. The van der Waals surface area contributed by atoms with Crippen LogP contribution in [-0.4, -0.2) is 103 Å². The van der Waals surface area contributed by atoms with Gasteiger partial charge in [0.05, 0.1) is 18.8 Å². The van der Waals surface area contributed by atoms with Crippen molar-refractivity contribution in [3.63, 3.8) is 0 Å². The maximum Gasteiger partial charge on any atom is 0.308 e. The van der Waals surface area contributed by atoms with Gasteiger partial charge < -0.3 is 20.3 Å². The highest BCUT2D eigenvalue weighted by molar-refractivity contribution is 7.88. The summed E-state index contributed by atoms with van der Waals surface area (Å²) in [5.74, 6) is -2.05. The van der Waals surface area contributed by atoms with Crippen molar-refractivity contribution in [2.45, 2.75) is 70.9 Å². The van der Waals surface area contributed by atoms with E-state index in [1.807, 2.05) is 30.3 Å². The van der Waals surface area contributed by atoms with Crippen LogP contribution in [-0.2, 0) is 40.4 Å². The predicted octanol–water partition coefficient (Wildman–Crippen LogP) is 1.08. The fraction of sp³-hybridized carbons (Fsp3) is 0.633. The summed E-state index contributed by atoms with van der Waals surface area (Å²) in [5, 5.41) is 10.9. The Kier molecular flexibility index (Phi) is 12.7. The number of nitrogens with one attached hydrogen (secondary N) is 2. The zero-order valence-corrected chi connectivity index (χ0v) is 26.7. The van der Waals surface area contributed by atoms with Crippen LogP contribution < -0.4 is 11.1 Å². The number of benzene rings is 1. The molecular weight excluding hydrogens is 588 g/mol. The number of nitrogens with two attached hydrogens (primary N) is 1. The average molecular weight is 635 g/mol. The van der Waals surface area contributed by atoms with Gasteiger partial charge in [-0.05, 0) is 50.0 Å². The summed E-state index contributed by atoms with van der Waals surface area (Å²) in [5.41, 5.74) is 6.38. The molecule has 2 atom stereocenters. The van der Waals surface area contributed by atoms with Crippen LogP contribution in [0, 0.1) is 17.2 Å². The van der Waals surface area contributed by atoms with Gasteiger partial charge in [0, 0.05) is 32.6 Å². The number of guanidine groups is 1. The third-order valence-corrected chi connectivity index (χ3v) is 9.34. The summed E-state index contributed by atoms with van der Waals surface area (Å²) in [6.45, 7) is 4.91. The van der Waals surface area contributed by atoms with E-state index < -0.39 is 33.9 Å². The number of rotatable bonds is 13. The highest BCUT2D eigenvalue weighted by Crippen LogP contribution is 2.26. The van der Waals surface area contributed by atoms with Gasteiger partial charge in [-0.2, -0.15) is 4.31 Å². The second kappa shape index (κ2) is 16.0. The molecule has 44 heavy (non-hydrogen) atoms. The first-order valence-corrected chi connectivity index (χ1v) is 17.0. The minimum Gasteiger partial charge on any atom is -0.465 e. The maximum absolute atomic E-state index is 13.9. The van der Waals surface area contributed by atoms with Crippen molar-refractivity contribution < 1.29 is 32.3 Å². The van der Waals surface area contributed by atoms with Crippen LogP contribution in [0.1, 0.15) is 57.9 Å². The Labute approximate surface area is 260 Å². The van der Waals surface area contributed by atoms with E-state index in [4.69, 9.17) is 15.9 Å². The van der Waals surface area contributed by atoms with Crippen LogP contribution >= 0.6 is 0 Å². The van der Waals surface area contributed by atoms with Crippen LogP contribution in [0.2, 0.25) is 0 Å². The summed E-state index contributed by atoms with van der Waals surface area (Å²) in [6, 6.07) is 7.38. The van der Waals surface area contributed by atoms with Crippen molar-refractivity contribution in [1.82, 2.24) is 19.4 Å². The molecule has 2 heterocycles. The summed E-state index contributed by atoms with van der Waals surface area (Å²) >= 11 is 0. The summed E-state index contributed by atoms with van der Waals surface area (Å²) < 4.78 is 32.7. The van der Waals surface area contributed by atoms with E-state index in [-0.39, 0.29) is 55.7 Å². The van der Waals surface area contributed by atoms with Gasteiger partial charge in [0.2, 0.25) is 27.7 Å². The number of carbonyl (C=O) groups is 4. The number of primary amides is 1. The smallest absolute Gasteiger partial charge is 0.308 e. The zero-order chi connectivity index (χ0) is 32.4. The third kappa shape index (κ3) is 10.0. The molecule has 0 radical (unpaired) electrons. The van der Waals surface area contributed by atoms with Gasteiger partial charge >= 0.3 is 5.97 Å². The Morgan fingerprint density at radius 1 is 1.09 bits per heavy atom. The molecule has 14 heteroatoms. The molecule has 1 aromatic carbocycles. The highest BCUT2D eigenvalue weighted by Gasteiger charge is 2.41. The van der Waals surface area contributed by atoms with Crippen LogP contribution in [0.15, 0.2) is 30.3 Å². The number of nitrogens with zero attached hydrogens (tertiary/aromatic N) is 3. The molecule has 0 unspecified atom stereocenters. The van der Waals surface area contributed by atoms with Gasteiger partial charge in [-0.25, -0.2) is 8.42 Å². The average Bonchev–Trinajstić information content (AvgIpc) is 3.47. The second-order valence-electron chi connectivity index (χ2n) is 11.9. The normalized spacial score (nSPS) is 18.3. The topological polar surface area (TPSA) is 183 Å². The molecule has 1 aromatic rings. The summed E-state index contributed by atoms with van der Waals surface area (Å²) in [7, 11) is -3.84. The van der Waals surface area contributed by atoms with E-state index >= 15 is 0 Å². The van der Waals surface area contributed by atoms with E-state index in [0.717, 1.165) is 11.8 Å². The molecule has 244 valence electrons. The van der Waals surface area contributed by atoms with Crippen molar-refractivity contribution in [3.8, 4) is 0 Å². The molecule has 2 aliphatic heterocycles. The van der Waals surface area contributed by atoms with Gasteiger partial charge in [0.25, 0.3) is 0 Å². The van der Waals surface area contributed by atoms with E-state index in [9.17, 15) is 27.6 Å². The molecule has 0 spiro atoms. The number of piperidine rings is 1. The Hall–Kier alpha value is -3.52. The lowest BCUT2D eigenvalue weighted by Gasteiger charge is -2.38. The second-order valence-corrected chi connectivity index (χ2v) is 13.8.